The molecule has 3 rings (SSSR count). The lowest BCUT2D eigenvalue weighted by atomic mass is 9.91. The van der Waals surface area contributed by atoms with Gasteiger partial charge in [-0.3, -0.25) is 4.79 Å². The first kappa shape index (κ1) is 21.3. The molecule has 1 aliphatic rings. The van der Waals surface area contributed by atoms with Gasteiger partial charge >= 0.3 is 0 Å². The second kappa shape index (κ2) is 9.41. The summed E-state index contributed by atoms with van der Waals surface area (Å²) in [5.74, 6) is 1.16. The largest absolute Gasteiger partial charge is 0.378 e. The van der Waals surface area contributed by atoms with Crippen LogP contribution in [0.25, 0.3) is 0 Å². The fourth-order valence-corrected chi connectivity index (χ4v) is 3.72. The molecule has 2 aromatic rings. The van der Waals surface area contributed by atoms with Crippen molar-refractivity contribution in [3.8, 4) is 0 Å². The number of nitrogens with one attached hydrogen (secondary N) is 2. The monoisotopic (exact) mass is 417 g/mol. The molecular formula is C21H28ClN5O2. The lowest BCUT2D eigenvalue weighted by Gasteiger charge is -2.30. The summed E-state index contributed by atoms with van der Waals surface area (Å²) in [6.45, 7) is 1.99. The third-order valence-corrected chi connectivity index (χ3v) is 5.46. The van der Waals surface area contributed by atoms with Crippen LogP contribution in [0.5, 0.6) is 0 Å². The van der Waals surface area contributed by atoms with Crippen molar-refractivity contribution >= 4 is 29.3 Å². The minimum Gasteiger partial charge on any atom is -0.378 e. The average Bonchev–Trinajstić information content (AvgIpc) is 2.70. The number of hydrogen-bond donors (Lipinski definition) is 3. The number of carbonyl (C=O) groups excluding carboxylic acids is 1. The molecule has 1 atom stereocenters. The molecule has 1 fully saturated rings. The third-order valence-electron chi connectivity index (χ3n) is 5.21. The molecule has 0 aliphatic heterocycles. The molecule has 1 aromatic carbocycles. The fraction of sp³-hybridized carbons (Fsp3) is 0.476. The Morgan fingerprint density at radius 1 is 1.17 bits per heavy atom. The van der Waals surface area contributed by atoms with Crippen LogP contribution in [0.3, 0.4) is 0 Å². The first-order chi connectivity index (χ1) is 13.8. The second-order valence-electron chi connectivity index (χ2n) is 7.75. The number of nitrogens with zero attached hydrogens (tertiary/aromatic N) is 3. The van der Waals surface area contributed by atoms with E-state index in [1.54, 1.807) is 24.3 Å². The predicted octanol–water partition coefficient (Wildman–Crippen LogP) is 3.08. The Morgan fingerprint density at radius 3 is 2.41 bits per heavy atom. The summed E-state index contributed by atoms with van der Waals surface area (Å²) in [6, 6.07) is 6.98. The lowest BCUT2D eigenvalue weighted by Crippen LogP contribution is -2.42. The van der Waals surface area contributed by atoms with Crippen LogP contribution < -0.4 is 15.5 Å². The molecule has 1 saturated carbocycles. The van der Waals surface area contributed by atoms with E-state index in [4.69, 9.17) is 11.6 Å². The maximum absolute atomic E-state index is 12.4. The van der Waals surface area contributed by atoms with Gasteiger partial charge in [0.1, 0.15) is 5.82 Å². The van der Waals surface area contributed by atoms with Crippen molar-refractivity contribution < 1.29 is 9.90 Å². The maximum atomic E-state index is 12.4. The zero-order valence-corrected chi connectivity index (χ0v) is 17.8. The smallest absolute Gasteiger partial charge is 0.253 e. The Bertz CT molecular complexity index is 835. The van der Waals surface area contributed by atoms with E-state index in [0.717, 1.165) is 37.1 Å². The normalized spacial score (nSPS) is 20.0. The van der Waals surface area contributed by atoms with Gasteiger partial charge in [-0.1, -0.05) is 23.7 Å². The van der Waals surface area contributed by atoms with Crippen molar-refractivity contribution in [2.75, 3.05) is 24.3 Å². The molecule has 156 valence electrons. The molecule has 8 heteroatoms. The van der Waals surface area contributed by atoms with Gasteiger partial charge in [0.15, 0.2) is 6.10 Å². The maximum Gasteiger partial charge on any atom is 0.253 e. The van der Waals surface area contributed by atoms with Crippen molar-refractivity contribution in [1.29, 1.82) is 0 Å². The first-order valence-corrected chi connectivity index (χ1v) is 10.2. The summed E-state index contributed by atoms with van der Waals surface area (Å²) in [7, 11) is 3.93. The second-order valence-corrected chi connectivity index (χ2v) is 8.19. The number of hydrogen-bond acceptors (Lipinski definition) is 6. The molecule has 0 radical (unpaired) electrons. The van der Waals surface area contributed by atoms with Gasteiger partial charge in [0.25, 0.3) is 5.91 Å². The number of benzene rings is 1. The summed E-state index contributed by atoms with van der Waals surface area (Å²) in [6.07, 6.45) is 4.11. The van der Waals surface area contributed by atoms with Crippen LogP contribution >= 0.6 is 11.6 Å². The molecule has 7 nitrogen and oxygen atoms in total. The van der Waals surface area contributed by atoms with Crippen LogP contribution in [-0.4, -0.2) is 47.2 Å². The number of anilines is 2. The SMILES string of the molecule is Cc1cnc(N[C@H]2CC[C@@H](NC(=O)C(O)c3ccc(Cl)cc3)CC2)nc1N(C)C. The highest BCUT2D eigenvalue weighted by Crippen LogP contribution is 2.24. The first-order valence-electron chi connectivity index (χ1n) is 9.85. The van der Waals surface area contributed by atoms with Gasteiger partial charge in [-0.2, -0.15) is 4.98 Å². The van der Waals surface area contributed by atoms with Crippen molar-refractivity contribution in [2.24, 2.45) is 0 Å². The van der Waals surface area contributed by atoms with Crippen molar-refractivity contribution in [1.82, 2.24) is 15.3 Å². The van der Waals surface area contributed by atoms with E-state index in [2.05, 4.69) is 20.6 Å². The van der Waals surface area contributed by atoms with E-state index in [9.17, 15) is 9.90 Å². The Balaban J connectivity index is 1.49. The number of carbonyl (C=O) groups is 1. The molecule has 1 aromatic heterocycles. The summed E-state index contributed by atoms with van der Waals surface area (Å²) in [4.78, 5) is 23.3. The van der Waals surface area contributed by atoms with Gasteiger partial charge in [0.2, 0.25) is 5.95 Å². The molecule has 0 saturated heterocycles. The van der Waals surface area contributed by atoms with Crippen molar-refractivity contribution in [3.05, 3.63) is 46.6 Å². The molecule has 29 heavy (non-hydrogen) atoms. The molecule has 1 amide bonds. The number of aliphatic hydroxyl groups is 1. The number of aliphatic hydroxyl groups excluding tert-OH is 1. The summed E-state index contributed by atoms with van der Waals surface area (Å²) in [5, 5.41) is 17.2. The topological polar surface area (TPSA) is 90.4 Å². The van der Waals surface area contributed by atoms with E-state index in [1.807, 2.05) is 32.1 Å². The van der Waals surface area contributed by atoms with Crippen LogP contribution in [0.1, 0.15) is 42.9 Å². The Hall–Kier alpha value is -2.38. The number of aryl methyl sites for hydroxylation is 1. The minimum absolute atomic E-state index is 0.0544. The predicted molar refractivity (Wildman–Crippen MR) is 115 cm³/mol. The highest BCUT2D eigenvalue weighted by Gasteiger charge is 2.26. The van der Waals surface area contributed by atoms with E-state index >= 15 is 0 Å². The summed E-state index contributed by atoms with van der Waals surface area (Å²) >= 11 is 5.86. The van der Waals surface area contributed by atoms with Gasteiger partial charge in [0, 0.05) is 43.0 Å². The third kappa shape index (κ3) is 5.58. The molecule has 1 aliphatic carbocycles. The van der Waals surface area contributed by atoms with Gasteiger partial charge in [-0.25, -0.2) is 4.98 Å². The van der Waals surface area contributed by atoms with Crippen LogP contribution in [0.4, 0.5) is 11.8 Å². The summed E-state index contributed by atoms with van der Waals surface area (Å²) in [5.41, 5.74) is 1.57. The number of amides is 1. The minimum atomic E-state index is -1.19. The van der Waals surface area contributed by atoms with Gasteiger partial charge in [-0.05, 0) is 50.3 Å². The molecular weight excluding hydrogens is 390 g/mol. The summed E-state index contributed by atoms with van der Waals surface area (Å²) < 4.78 is 0. The Morgan fingerprint density at radius 2 is 1.79 bits per heavy atom. The van der Waals surface area contributed by atoms with Crippen LogP contribution in [0, 0.1) is 6.92 Å². The fourth-order valence-electron chi connectivity index (χ4n) is 3.60. The quantitative estimate of drug-likeness (QED) is 0.669. The molecule has 0 spiro atoms. The number of aromatic nitrogens is 2. The van der Waals surface area contributed by atoms with Crippen molar-refractivity contribution in [2.45, 2.75) is 50.8 Å². The molecule has 1 heterocycles. The standard InChI is InChI=1S/C21H28ClN5O2/c1-13-12-23-21(26-19(13)27(2)3)25-17-10-8-16(9-11-17)24-20(29)18(28)14-4-6-15(22)7-5-14/h4-7,12,16-18,28H,8-11H2,1-3H3,(H,24,29)(H,23,25,26)/t16-,17+,18?. The molecule has 3 N–H and O–H groups in total. The van der Waals surface area contributed by atoms with E-state index in [1.165, 1.54) is 0 Å². The highest BCUT2D eigenvalue weighted by molar-refractivity contribution is 6.30. The molecule has 0 bridgehead atoms. The number of halogens is 1. The Labute approximate surface area is 176 Å². The van der Waals surface area contributed by atoms with E-state index in [-0.39, 0.29) is 18.0 Å². The van der Waals surface area contributed by atoms with E-state index < -0.39 is 6.10 Å². The van der Waals surface area contributed by atoms with Crippen LogP contribution in [0.2, 0.25) is 5.02 Å². The average molecular weight is 418 g/mol. The van der Waals surface area contributed by atoms with Gasteiger partial charge in [0.05, 0.1) is 0 Å². The van der Waals surface area contributed by atoms with Crippen LogP contribution in [-0.2, 0) is 4.79 Å². The van der Waals surface area contributed by atoms with Gasteiger partial charge < -0.3 is 20.6 Å². The Kier molecular flexibility index (Phi) is 6.92. The molecule has 1 unspecified atom stereocenters. The van der Waals surface area contributed by atoms with Gasteiger partial charge in [-0.15, -0.1) is 0 Å². The highest BCUT2D eigenvalue weighted by atomic mass is 35.5. The number of rotatable bonds is 6. The van der Waals surface area contributed by atoms with Crippen LogP contribution in [0.15, 0.2) is 30.5 Å². The van der Waals surface area contributed by atoms with Crippen molar-refractivity contribution in [3.63, 3.8) is 0 Å². The lowest BCUT2D eigenvalue weighted by molar-refractivity contribution is -0.130. The zero-order valence-electron chi connectivity index (χ0n) is 17.0. The van der Waals surface area contributed by atoms with E-state index in [0.29, 0.717) is 16.5 Å². The zero-order chi connectivity index (χ0) is 21.0.